The standard InChI is InChI=1S/C14H13Br3S/c15-9-14(10-16,7-11-5-6-18-8-11)12-3-1-2-4-13(12)17/h1-6,8H,7,9-10H2. The van der Waals surface area contributed by atoms with Crippen LogP contribution in [0.5, 0.6) is 0 Å². The van der Waals surface area contributed by atoms with E-state index in [4.69, 9.17) is 0 Å². The minimum atomic E-state index is 0.0845. The summed E-state index contributed by atoms with van der Waals surface area (Å²) in [6.07, 6.45) is 1.04. The normalized spacial score (nSPS) is 11.7. The zero-order valence-electron chi connectivity index (χ0n) is 9.70. The fraction of sp³-hybridized carbons (Fsp3) is 0.286. The van der Waals surface area contributed by atoms with Crippen molar-refractivity contribution in [1.82, 2.24) is 0 Å². The molecule has 1 heterocycles. The first-order valence-electron chi connectivity index (χ1n) is 5.60. The number of benzene rings is 1. The Hall–Kier alpha value is 0.360. The predicted octanol–water partition coefficient (Wildman–Crippen LogP) is 5.78. The largest absolute Gasteiger partial charge is 0.152 e. The van der Waals surface area contributed by atoms with Crippen LogP contribution in [0.25, 0.3) is 0 Å². The van der Waals surface area contributed by atoms with E-state index in [1.54, 1.807) is 11.3 Å². The van der Waals surface area contributed by atoms with E-state index in [0.717, 1.165) is 17.1 Å². The van der Waals surface area contributed by atoms with Gasteiger partial charge in [0, 0.05) is 20.5 Å². The topological polar surface area (TPSA) is 0 Å². The van der Waals surface area contributed by atoms with E-state index in [1.807, 2.05) is 0 Å². The molecule has 0 saturated heterocycles. The van der Waals surface area contributed by atoms with Crippen molar-refractivity contribution in [2.24, 2.45) is 0 Å². The van der Waals surface area contributed by atoms with Crippen LogP contribution >= 0.6 is 59.1 Å². The van der Waals surface area contributed by atoms with Crippen LogP contribution in [0.15, 0.2) is 45.6 Å². The first kappa shape index (κ1) is 14.8. The lowest BCUT2D eigenvalue weighted by Crippen LogP contribution is -2.33. The molecule has 0 spiro atoms. The highest BCUT2D eigenvalue weighted by molar-refractivity contribution is 9.10. The maximum Gasteiger partial charge on any atom is 0.0213 e. The Bertz CT molecular complexity index is 490. The van der Waals surface area contributed by atoms with Crippen molar-refractivity contribution in [3.05, 3.63) is 56.7 Å². The van der Waals surface area contributed by atoms with Gasteiger partial charge in [-0.3, -0.25) is 0 Å². The van der Waals surface area contributed by atoms with Crippen LogP contribution < -0.4 is 0 Å². The molecule has 0 amide bonds. The first-order chi connectivity index (χ1) is 8.72. The second-order valence-electron chi connectivity index (χ2n) is 4.34. The molecule has 0 aliphatic heterocycles. The van der Waals surface area contributed by atoms with Crippen LogP contribution in [0, 0.1) is 0 Å². The molecule has 0 saturated carbocycles. The SMILES string of the molecule is BrCC(CBr)(Cc1ccsc1)c1ccccc1Br. The summed E-state index contributed by atoms with van der Waals surface area (Å²) in [4.78, 5) is 0. The fourth-order valence-corrected chi connectivity index (χ4v) is 5.35. The zero-order chi connectivity index (χ0) is 13.0. The van der Waals surface area contributed by atoms with E-state index in [9.17, 15) is 0 Å². The lowest BCUT2D eigenvalue weighted by atomic mass is 9.79. The molecule has 0 fully saturated rings. The van der Waals surface area contributed by atoms with Crippen molar-refractivity contribution in [3.8, 4) is 0 Å². The van der Waals surface area contributed by atoms with Crippen LogP contribution in [0.3, 0.4) is 0 Å². The van der Waals surface area contributed by atoms with Gasteiger partial charge in [0.2, 0.25) is 0 Å². The fourth-order valence-electron chi connectivity index (χ4n) is 2.04. The lowest BCUT2D eigenvalue weighted by molar-refractivity contribution is 0.549. The molecule has 0 bridgehead atoms. The number of rotatable bonds is 5. The molecule has 2 rings (SSSR count). The van der Waals surface area contributed by atoms with Gasteiger partial charge in [-0.25, -0.2) is 0 Å². The summed E-state index contributed by atoms with van der Waals surface area (Å²) in [6, 6.07) is 10.7. The lowest BCUT2D eigenvalue weighted by Gasteiger charge is -2.31. The Balaban J connectivity index is 2.40. The van der Waals surface area contributed by atoms with Crippen LogP contribution in [0.4, 0.5) is 0 Å². The predicted molar refractivity (Wildman–Crippen MR) is 91.4 cm³/mol. The Kier molecular flexibility index (Phi) is 5.48. The van der Waals surface area contributed by atoms with Gasteiger partial charge in [-0.15, -0.1) is 0 Å². The molecule has 4 heteroatoms. The summed E-state index contributed by atoms with van der Waals surface area (Å²) < 4.78 is 1.18. The van der Waals surface area contributed by atoms with Crippen molar-refractivity contribution in [2.45, 2.75) is 11.8 Å². The van der Waals surface area contributed by atoms with E-state index < -0.39 is 0 Å². The number of hydrogen-bond donors (Lipinski definition) is 0. The molecule has 0 aliphatic rings. The summed E-state index contributed by atoms with van der Waals surface area (Å²) in [6.45, 7) is 0. The molecule has 96 valence electrons. The molecule has 0 aliphatic carbocycles. The van der Waals surface area contributed by atoms with Crippen molar-refractivity contribution < 1.29 is 0 Å². The average molecular weight is 453 g/mol. The smallest absolute Gasteiger partial charge is 0.0213 e. The zero-order valence-corrected chi connectivity index (χ0v) is 15.3. The van der Waals surface area contributed by atoms with Crippen LogP contribution in [-0.4, -0.2) is 10.7 Å². The molecule has 0 nitrogen and oxygen atoms in total. The van der Waals surface area contributed by atoms with E-state index >= 15 is 0 Å². The molecular formula is C14H13Br3S. The minimum absolute atomic E-state index is 0.0845. The highest BCUT2D eigenvalue weighted by Gasteiger charge is 2.32. The van der Waals surface area contributed by atoms with Crippen molar-refractivity contribution in [1.29, 1.82) is 0 Å². The van der Waals surface area contributed by atoms with Crippen LogP contribution in [0.2, 0.25) is 0 Å². The second-order valence-corrected chi connectivity index (χ2v) is 7.09. The highest BCUT2D eigenvalue weighted by atomic mass is 79.9. The Labute approximate surface area is 137 Å². The van der Waals surface area contributed by atoms with Crippen molar-refractivity contribution in [2.75, 3.05) is 10.7 Å². The minimum Gasteiger partial charge on any atom is -0.152 e. The third kappa shape index (κ3) is 3.09. The van der Waals surface area contributed by atoms with Gasteiger partial charge >= 0.3 is 0 Å². The van der Waals surface area contributed by atoms with Gasteiger partial charge in [0.1, 0.15) is 0 Å². The van der Waals surface area contributed by atoms with E-state index in [2.05, 4.69) is 88.9 Å². The van der Waals surface area contributed by atoms with E-state index in [1.165, 1.54) is 15.6 Å². The summed E-state index contributed by atoms with van der Waals surface area (Å²) in [5.74, 6) is 0. The van der Waals surface area contributed by atoms with Crippen molar-refractivity contribution in [3.63, 3.8) is 0 Å². The number of hydrogen-bond acceptors (Lipinski definition) is 1. The van der Waals surface area contributed by atoms with E-state index in [-0.39, 0.29) is 5.41 Å². The van der Waals surface area contributed by atoms with Gasteiger partial charge in [0.25, 0.3) is 0 Å². The number of halogens is 3. The molecular weight excluding hydrogens is 440 g/mol. The number of alkyl halides is 2. The van der Waals surface area contributed by atoms with Gasteiger partial charge in [-0.05, 0) is 40.4 Å². The molecule has 0 radical (unpaired) electrons. The van der Waals surface area contributed by atoms with Gasteiger partial charge < -0.3 is 0 Å². The third-order valence-corrected chi connectivity index (χ3v) is 6.65. The Morgan fingerprint density at radius 3 is 2.33 bits per heavy atom. The molecule has 1 aromatic heterocycles. The number of thiophene rings is 1. The van der Waals surface area contributed by atoms with E-state index in [0.29, 0.717) is 0 Å². The molecule has 2 aromatic rings. The van der Waals surface area contributed by atoms with Crippen LogP contribution in [0.1, 0.15) is 11.1 Å². The monoisotopic (exact) mass is 450 g/mol. The molecule has 0 N–H and O–H groups in total. The quantitative estimate of drug-likeness (QED) is 0.504. The Morgan fingerprint density at radius 2 is 1.78 bits per heavy atom. The van der Waals surface area contributed by atoms with Crippen molar-refractivity contribution >= 4 is 59.1 Å². The van der Waals surface area contributed by atoms with Gasteiger partial charge in [0.05, 0.1) is 0 Å². The molecule has 1 aromatic carbocycles. The summed E-state index contributed by atoms with van der Waals surface area (Å²) >= 11 is 12.8. The summed E-state index contributed by atoms with van der Waals surface area (Å²) in [5.41, 5.74) is 2.83. The first-order valence-corrected chi connectivity index (χ1v) is 9.58. The molecule has 18 heavy (non-hydrogen) atoms. The van der Waals surface area contributed by atoms with Gasteiger partial charge in [0.15, 0.2) is 0 Å². The van der Waals surface area contributed by atoms with Gasteiger partial charge in [-0.1, -0.05) is 66.0 Å². The summed E-state index contributed by atoms with van der Waals surface area (Å²) in [5, 5.41) is 6.24. The molecule has 0 unspecified atom stereocenters. The highest BCUT2D eigenvalue weighted by Crippen LogP contribution is 2.37. The molecule has 0 atom stereocenters. The second kappa shape index (κ2) is 6.69. The maximum absolute atomic E-state index is 3.70. The average Bonchev–Trinajstić information content (AvgIpc) is 2.90. The van der Waals surface area contributed by atoms with Gasteiger partial charge in [-0.2, -0.15) is 11.3 Å². The Morgan fingerprint density at radius 1 is 1.06 bits per heavy atom. The third-order valence-electron chi connectivity index (χ3n) is 3.08. The van der Waals surface area contributed by atoms with Crippen LogP contribution in [-0.2, 0) is 11.8 Å². The maximum atomic E-state index is 3.70. The summed E-state index contributed by atoms with van der Waals surface area (Å²) in [7, 11) is 0.